The molecule has 1 N–H and O–H groups in total. The normalized spacial score (nSPS) is 12.0. The topological polar surface area (TPSA) is 120 Å². The molecule has 0 bridgehead atoms. The predicted molar refractivity (Wildman–Crippen MR) is 83.5 cm³/mol. The van der Waals surface area contributed by atoms with Crippen LogP contribution in [0.1, 0.15) is 0 Å². The third kappa shape index (κ3) is 4.12. The van der Waals surface area contributed by atoms with Gasteiger partial charge in [-0.15, -0.1) is 0 Å². The molecule has 2 aromatic carbocycles. The van der Waals surface area contributed by atoms with E-state index >= 15 is 0 Å². The zero-order valence-corrected chi connectivity index (χ0v) is 14.4. The Hall–Kier alpha value is -1.94. The molecule has 0 unspecified atom stereocenters. The molecule has 128 valence electrons. The molecule has 0 aliphatic heterocycles. The van der Waals surface area contributed by atoms with E-state index in [-0.39, 0.29) is 14.7 Å². The largest absolute Gasteiger partial charge is 0.549 e. The van der Waals surface area contributed by atoms with E-state index in [9.17, 15) is 26.7 Å². The number of carboxylic acid groups (broad SMARTS) is 1. The number of hydrogen-bond donors (Lipinski definition) is 1. The quantitative estimate of drug-likeness (QED) is 0.754. The summed E-state index contributed by atoms with van der Waals surface area (Å²) in [5.41, 5.74) is 0. The van der Waals surface area contributed by atoms with Crippen LogP contribution in [0.15, 0.2) is 63.2 Å². The van der Waals surface area contributed by atoms with Gasteiger partial charge in [-0.2, -0.15) is 0 Å². The second-order valence-electron chi connectivity index (χ2n) is 4.63. The highest BCUT2D eigenvalue weighted by Crippen LogP contribution is 2.24. The summed E-state index contributed by atoms with van der Waals surface area (Å²) in [6, 6.07) is 9.98. The molecule has 0 amide bonds. The van der Waals surface area contributed by atoms with Crippen molar-refractivity contribution >= 4 is 37.4 Å². The number of nitrogens with one attached hydrogen (secondary N) is 1. The maximum absolute atomic E-state index is 12.5. The Morgan fingerprint density at radius 3 is 2.12 bits per heavy atom. The van der Waals surface area contributed by atoms with E-state index in [1.54, 1.807) is 4.72 Å². The van der Waals surface area contributed by atoms with E-state index in [1.165, 1.54) is 36.4 Å². The highest BCUT2D eigenvalue weighted by atomic mass is 35.5. The van der Waals surface area contributed by atoms with Crippen molar-refractivity contribution in [1.82, 2.24) is 4.72 Å². The zero-order valence-electron chi connectivity index (χ0n) is 12.0. The Labute approximate surface area is 143 Å². The molecule has 0 fully saturated rings. The highest BCUT2D eigenvalue weighted by Gasteiger charge is 2.21. The van der Waals surface area contributed by atoms with Gasteiger partial charge in [-0.1, -0.05) is 17.7 Å². The van der Waals surface area contributed by atoms with Crippen LogP contribution in [0.3, 0.4) is 0 Å². The number of sulfone groups is 1. The number of sulfonamides is 1. The first-order valence-corrected chi connectivity index (χ1v) is 9.77. The first-order valence-electron chi connectivity index (χ1n) is 6.43. The lowest BCUT2D eigenvalue weighted by Crippen LogP contribution is -2.37. The van der Waals surface area contributed by atoms with Gasteiger partial charge < -0.3 is 9.90 Å². The van der Waals surface area contributed by atoms with Crippen molar-refractivity contribution in [3.05, 3.63) is 53.6 Å². The predicted octanol–water partition coefficient (Wildman–Crippen LogP) is 0.201. The molecule has 0 heterocycles. The van der Waals surface area contributed by atoms with E-state index in [4.69, 9.17) is 11.6 Å². The Morgan fingerprint density at radius 1 is 0.958 bits per heavy atom. The SMILES string of the molecule is O=C([O-])CNS(=O)(=O)c1cccc(S(=O)(=O)c2ccc(Cl)cc2)c1. The van der Waals surface area contributed by atoms with E-state index in [1.807, 2.05) is 0 Å². The number of carboxylic acids is 1. The van der Waals surface area contributed by atoms with Crippen molar-refractivity contribution in [2.24, 2.45) is 0 Å². The van der Waals surface area contributed by atoms with Gasteiger partial charge in [-0.3, -0.25) is 0 Å². The summed E-state index contributed by atoms with van der Waals surface area (Å²) in [6.07, 6.45) is 0. The van der Waals surface area contributed by atoms with Gasteiger partial charge >= 0.3 is 0 Å². The van der Waals surface area contributed by atoms with Crippen LogP contribution in [0.2, 0.25) is 5.02 Å². The fourth-order valence-electron chi connectivity index (χ4n) is 1.80. The molecule has 0 radical (unpaired) electrons. The van der Waals surface area contributed by atoms with E-state index in [0.29, 0.717) is 5.02 Å². The molecule has 0 aliphatic carbocycles. The van der Waals surface area contributed by atoms with Gasteiger partial charge in [-0.25, -0.2) is 21.6 Å². The molecule has 10 heteroatoms. The molecule has 2 aromatic rings. The molecule has 0 spiro atoms. The first kappa shape index (κ1) is 18.4. The summed E-state index contributed by atoms with van der Waals surface area (Å²) in [5, 5.41) is 10.7. The van der Waals surface area contributed by atoms with Crippen molar-refractivity contribution in [2.75, 3.05) is 6.54 Å². The standard InChI is InChI=1S/C14H12ClNO6S2/c15-10-4-6-11(7-5-10)23(19,20)12-2-1-3-13(8-12)24(21,22)16-9-14(17)18/h1-8,16H,9H2,(H,17,18)/p-1. The van der Waals surface area contributed by atoms with Crippen LogP contribution in [0.25, 0.3) is 0 Å². The van der Waals surface area contributed by atoms with Crippen molar-refractivity contribution in [3.63, 3.8) is 0 Å². The molecule has 7 nitrogen and oxygen atoms in total. The fraction of sp³-hybridized carbons (Fsp3) is 0.0714. The molecule has 0 aromatic heterocycles. The van der Waals surface area contributed by atoms with Crippen LogP contribution in [0.5, 0.6) is 0 Å². The number of rotatable bonds is 6. The van der Waals surface area contributed by atoms with Gasteiger partial charge in [0.25, 0.3) is 0 Å². The summed E-state index contributed by atoms with van der Waals surface area (Å²) < 4.78 is 50.8. The summed E-state index contributed by atoms with van der Waals surface area (Å²) in [4.78, 5) is 9.69. The smallest absolute Gasteiger partial charge is 0.240 e. The van der Waals surface area contributed by atoms with E-state index in [0.717, 1.165) is 12.1 Å². The van der Waals surface area contributed by atoms with Crippen molar-refractivity contribution < 1.29 is 26.7 Å². The van der Waals surface area contributed by atoms with Crippen LogP contribution < -0.4 is 9.83 Å². The minimum absolute atomic E-state index is 0.0517. The van der Waals surface area contributed by atoms with E-state index in [2.05, 4.69) is 0 Å². The Balaban J connectivity index is 2.43. The second kappa shape index (κ2) is 6.89. The number of aliphatic carboxylic acids is 1. The molecule has 0 saturated heterocycles. The Morgan fingerprint density at radius 2 is 1.54 bits per heavy atom. The molecule has 0 saturated carbocycles. The summed E-state index contributed by atoms with van der Waals surface area (Å²) in [6.45, 7) is -0.920. The molecular weight excluding hydrogens is 378 g/mol. The van der Waals surface area contributed by atoms with Crippen molar-refractivity contribution in [3.8, 4) is 0 Å². The minimum atomic E-state index is -4.18. The number of halogens is 1. The average molecular weight is 389 g/mol. The van der Waals surface area contributed by atoms with Crippen LogP contribution in [0, 0.1) is 0 Å². The molecular formula is C14H11ClNO6S2-. The van der Waals surface area contributed by atoms with Crippen LogP contribution in [-0.4, -0.2) is 29.3 Å². The lowest BCUT2D eigenvalue weighted by Gasteiger charge is -2.09. The molecule has 24 heavy (non-hydrogen) atoms. The van der Waals surface area contributed by atoms with Crippen molar-refractivity contribution in [2.45, 2.75) is 14.7 Å². The Bertz CT molecular complexity index is 969. The molecule has 0 aliphatic rings. The van der Waals surface area contributed by atoms with Gasteiger partial charge in [-0.05, 0) is 42.5 Å². The maximum Gasteiger partial charge on any atom is 0.240 e. The lowest BCUT2D eigenvalue weighted by molar-refractivity contribution is -0.303. The van der Waals surface area contributed by atoms with Crippen LogP contribution >= 0.6 is 11.6 Å². The molecule has 2 rings (SSSR count). The highest BCUT2D eigenvalue weighted by molar-refractivity contribution is 7.91. The second-order valence-corrected chi connectivity index (χ2v) is 8.78. The minimum Gasteiger partial charge on any atom is -0.549 e. The van der Waals surface area contributed by atoms with Gasteiger partial charge in [0.2, 0.25) is 19.9 Å². The van der Waals surface area contributed by atoms with Crippen LogP contribution in [0.4, 0.5) is 0 Å². The maximum atomic E-state index is 12.5. The van der Waals surface area contributed by atoms with Gasteiger partial charge in [0.15, 0.2) is 0 Å². The van der Waals surface area contributed by atoms with Gasteiger partial charge in [0.1, 0.15) is 0 Å². The fourth-order valence-corrected chi connectivity index (χ4v) is 4.32. The number of carbonyl (C=O) groups is 1. The first-order chi connectivity index (χ1) is 11.1. The third-order valence-electron chi connectivity index (χ3n) is 2.96. The zero-order chi connectivity index (χ0) is 18.0. The molecule has 0 atom stereocenters. The van der Waals surface area contributed by atoms with Gasteiger partial charge in [0.05, 0.1) is 27.2 Å². The number of benzene rings is 2. The van der Waals surface area contributed by atoms with Gasteiger partial charge in [0, 0.05) is 5.02 Å². The summed E-state index contributed by atoms with van der Waals surface area (Å²) in [7, 11) is -8.13. The Kier molecular flexibility index (Phi) is 5.29. The average Bonchev–Trinajstić information content (AvgIpc) is 2.53. The lowest BCUT2D eigenvalue weighted by atomic mass is 10.4. The van der Waals surface area contributed by atoms with Crippen LogP contribution in [-0.2, 0) is 24.7 Å². The third-order valence-corrected chi connectivity index (χ3v) is 6.37. The number of hydrogen-bond acceptors (Lipinski definition) is 6. The number of carbonyl (C=O) groups excluding carboxylic acids is 1. The summed E-state index contributed by atoms with van der Waals surface area (Å²) >= 11 is 5.72. The van der Waals surface area contributed by atoms with E-state index < -0.39 is 32.4 Å². The monoisotopic (exact) mass is 388 g/mol. The summed E-state index contributed by atoms with van der Waals surface area (Å²) in [5.74, 6) is -1.61. The van der Waals surface area contributed by atoms with Crippen molar-refractivity contribution in [1.29, 1.82) is 0 Å².